The number of hydrogen-bond acceptors (Lipinski definition) is 4. The van der Waals surface area contributed by atoms with Gasteiger partial charge in [-0.2, -0.15) is 12.8 Å². The number of carbonyl (C=O) groups is 1. The van der Waals surface area contributed by atoms with Gasteiger partial charge in [-0.15, -0.1) is 0 Å². The maximum atomic E-state index is 12.3. The fraction of sp³-hybridized carbons (Fsp3) is 0.636. The number of quaternary nitrogens is 1. The van der Waals surface area contributed by atoms with E-state index in [-0.39, 0.29) is 6.42 Å². The number of nitrogens with one attached hydrogen (secondary N) is 1. The number of carboxylic acid groups (broad SMARTS) is 1. The minimum absolute atomic E-state index is 0.181. The number of carboxylic acids is 1. The zero-order chi connectivity index (χ0) is 23.3. The predicted molar refractivity (Wildman–Crippen MR) is 125 cm³/mol. The molecule has 2 N–H and O–H groups in total. The van der Waals surface area contributed by atoms with Crippen molar-refractivity contribution in [3.8, 4) is 5.75 Å². The number of benzene rings is 1. The molecule has 0 bridgehead atoms. The van der Waals surface area contributed by atoms with Gasteiger partial charge in [0.2, 0.25) is 0 Å². The molecule has 1 aromatic rings. The molecule has 0 aliphatic heterocycles. The molecule has 1 unspecified atom stereocenters. The molecule has 0 radical (unpaired) electrons. The number of anilines is 1. The molecule has 176 valence electrons. The van der Waals surface area contributed by atoms with Crippen LogP contribution in [0.25, 0.3) is 0 Å². The number of rotatable bonds is 16. The largest absolute Gasteiger partial charge is 0.494 e. The summed E-state index contributed by atoms with van der Waals surface area (Å²) in [7, 11) is 1.74. The Kier molecular flexibility index (Phi) is 11.6. The monoisotopic (exact) mass is 456 g/mol. The van der Waals surface area contributed by atoms with E-state index in [0.717, 1.165) is 12.8 Å². The lowest BCUT2D eigenvalue weighted by molar-refractivity contribution is -0.872. The summed E-state index contributed by atoms with van der Waals surface area (Å²) in [6.07, 6.45) is 8.16. The third-order valence-corrected chi connectivity index (χ3v) is 5.39. The molecule has 0 aliphatic rings. The molecule has 8 nitrogen and oxygen atoms in total. The van der Waals surface area contributed by atoms with Crippen molar-refractivity contribution < 1.29 is 27.5 Å². The maximum Gasteiger partial charge on any atom is 0.341 e. The van der Waals surface area contributed by atoms with E-state index in [2.05, 4.69) is 16.0 Å². The number of ether oxygens (including phenoxy) is 1. The molecule has 0 saturated carbocycles. The van der Waals surface area contributed by atoms with E-state index in [9.17, 15) is 13.2 Å². The highest BCUT2D eigenvalue weighted by atomic mass is 32.2. The van der Waals surface area contributed by atoms with Gasteiger partial charge in [-0.25, -0.2) is 0 Å². The molecule has 0 amide bonds. The lowest BCUT2D eigenvalue weighted by atomic mass is 10.1. The van der Waals surface area contributed by atoms with E-state index in [0.29, 0.717) is 29.1 Å². The van der Waals surface area contributed by atoms with Crippen LogP contribution in [0.1, 0.15) is 51.9 Å². The third kappa shape index (κ3) is 13.7. The molecule has 1 rings (SSSR count). The third-order valence-electron chi connectivity index (χ3n) is 4.50. The van der Waals surface area contributed by atoms with Crippen molar-refractivity contribution in [3.63, 3.8) is 0 Å². The minimum Gasteiger partial charge on any atom is -0.494 e. The fourth-order valence-electron chi connectivity index (χ4n) is 3.13. The Hall–Kier alpha value is -2.13. The molecule has 0 aromatic heterocycles. The van der Waals surface area contributed by atoms with Gasteiger partial charge in [0.05, 0.1) is 52.3 Å². The second-order valence-electron chi connectivity index (χ2n) is 8.80. The van der Waals surface area contributed by atoms with E-state index in [1.54, 1.807) is 24.3 Å². The average molecular weight is 457 g/mol. The molecular weight excluding hydrogens is 418 g/mol. The van der Waals surface area contributed by atoms with Crippen LogP contribution < -0.4 is 9.46 Å². The molecular formula is C22H38N3O5S+. The summed E-state index contributed by atoms with van der Waals surface area (Å²) in [5, 5.41) is 9.05. The van der Waals surface area contributed by atoms with Gasteiger partial charge in [0.25, 0.3) is 0 Å². The quantitative estimate of drug-likeness (QED) is 0.223. The highest BCUT2D eigenvalue weighted by Crippen LogP contribution is 2.18. The van der Waals surface area contributed by atoms with Gasteiger partial charge in [-0.05, 0) is 30.7 Å². The van der Waals surface area contributed by atoms with Crippen molar-refractivity contribution in [2.24, 2.45) is 10.3 Å². The molecule has 0 spiro atoms. The molecule has 31 heavy (non-hydrogen) atoms. The summed E-state index contributed by atoms with van der Waals surface area (Å²) in [4.78, 5) is 11.1. The lowest BCUT2D eigenvalue weighted by Crippen LogP contribution is -2.40. The SMILES string of the molecule is CCCCCCCCOc1ccc(NS(=O)(=O)N=CC(CC(=O)O)C[N+](C)(C)C)cc1. The standard InChI is InChI=1S/C22H37N3O5S/c1-5-6-7-8-9-10-15-30-21-13-11-20(12-14-21)24-31(28,29)23-17-19(16-22(26)27)18-25(2,3)4/h11-14,17,19,24H,5-10,15-16,18H2,1-4H3/p+1. The highest BCUT2D eigenvalue weighted by Gasteiger charge is 2.20. The zero-order valence-corrected chi connectivity index (χ0v) is 20.0. The molecule has 1 aromatic carbocycles. The molecule has 0 aliphatic carbocycles. The first-order chi connectivity index (χ1) is 14.5. The van der Waals surface area contributed by atoms with Crippen LogP contribution >= 0.6 is 0 Å². The minimum atomic E-state index is -3.99. The van der Waals surface area contributed by atoms with Crippen LogP contribution in [0, 0.1) is 5.92 Å². The van der Waals surface area contributed by atoms with Crippen LogP contribution in [0.15, 0.2) is 28.7 Å². The van der Waals surface area contributed by atoms with E-state index >= 15 is 0 Å². The van der Waals surface area contributed by atoms with Gasteiger partial charge >= 0.3 is 16.2 Å². The van der Waals surface area contributed by atoms with Crippen LogP contribution in [0.5, 0.6) is 5.75 Å². The van der Waals surface area contributed by atoms with Gasteiger partial charge in [0, 0.05) is 6.21 Å². The van der Waals surface area contributed by atoms with Crippen molar-refractivity contribution in [3.05, 3.63) is 24.3 Å². The Balaban J connectivity index is 2.56. The van der Waals surface area contributed by atoms with E-state index in [4.69, 9.17) is 9.84 Å². The summed E-state index contributed by atoms with van der Waals surface area (Å²) >= 11 is 0. The summed E-state index contributed by atoms with van der Waals surface area (Å²) in [5.74, 6) is -0.803. The number of hydrogen-bond donors (Lipinski definition) is 2. The van der Waals surface area contributed by atoms with Crippen LogP contribution in [-0.4, -0.2) is 64.5 Å². The van der Waals surface area contributed by atoms with Crippen LogP contribution in [-0.2, 0) is 15.0 Å². The highest BCUT2D eigenvalue weighted by molar-refractivity contribution is 7.91. The number of nitrogens with zero attached hydrogens (tertiary/aromatic N) is 2. The van der Waals surface area contributed by atoms with Crippen LogP contribution in [0.2, 0.25) is 0 Å². The summed E-state index contributed by atoms with van der Waals surface area (Å²) < 4.78 is 36.7. The first-order valence-corrected chi connectivity index (χ1v) is 12.3. The molecule has 0 fully saturated rings. The first-order valence-electron chi connectivity index (χ1n) is 10.8. The first kappa shape index (κ1) is 26.9. The maximum absolute atomic E-state index is 12.3. The van der Waals surface area contributed by atoms with Gasteiger partial charge in [0.1, 0.15) is 5.75 Å². The predicted octanol–water partition coefficient (Wildman–Crippen LogP) is 3.95. The Morgan fingerprint density at radius 2 is 1.74 bits per heavy atom. The van der Waals surface area contributed by atoms with Gasteiger partial charge < -0.3 is 14.3 Å². The molecule has 9 heteroatoms. The summed E-state index contributed by atoms with van der Waals surface area (Å²) in [6, 6.07) is 6.65. The van der Waals surface area contributed by atoms with Crippen molar-refractivity contribution >= 4 is 28.1 Å². The van der Waals surface area contributed by atoms with Crippen molar-refractivity contribution in [1.82, 2.24) is 0 Å². The van der Waals surface area contributed by atoms with E-state index in [1.165, 1.54) is 31.9 Å². The second-order valence-corrected chi connectivity index (χ2v) is 10.2. The Bertz CT molecular complexity index is 786. The Morgan fingerprint density at radius 1 is 1.13 bits per heavy atom. The van der Waals surface area contributed by atoms with Crippen molar-refractivity contribution in [2.75, 3.05) is 39.0 Å². The number of aliphatic carboxylic acids is 1. The topological polar surface area (TPSA) is 105 Å². The second kappa shape index (κ2) is 13.3. The molecule has 1 atom stereocenters. The lowest BCUT2D eigenvalue weighted by Gasteiger charge is -2.26. The normalized spacial score (nSPS) is 13.3. The van der Waals surface area contributed by atoms with Crippen molar-refractivity contribution in [2.45, 2.75) is 51.9 Å². The van der Waals surface area contributed by atoms with E-state index in [1.807, 2.05) is 21.1 Å². The van der Waals surface area contributed by atoms with Gasteiger partial charge in [-0.3, -0.25) is 9.52 Å². The number of unbranched alkanes of at least 4 members (excludes halogenated alkanes) is 5. The average Bonchev–Trinajstić information content (AvgIpc) is 2.65. The Labute approximate surface area is 187 Å². The van der Waals surface area contributed by atoms with Crippen LogP contribution in [0.4, 0.5) is 5.69 Å². The van der Waals surface area contributed by atoms with Gasteiger partial charge in [0.15, 0.2) is 0 Å². The summed E-state index contributed by atoms with van der Waals surface area (Å²) in [6.45, 7) is 3.29. The smallest absolute Gasteiger partial charge is 0.341 e. The van der Waals surface area contributed by atoms with Gasteiger partial charge in [-0.1, -0.05) is 39.0 Å². The molecule has 0 heterocycles. The van der Waals surface area contributed by atoms with Crippen molar-refractivity contribution in [1.29, 1.82) is 0 Å². The Morgan fingerprint density at radius 3 is 2.32 bits per heavy atom. The fourth-order valence-corrected chi connectivity index (χ4v) is 3.94. The van der Waals surface area contributed by atoms with Crippen LogP contribution in [0.3, 0.4) is 0 Å². The zero-order valence-electron chi connectivity index (χ0n) is 19.2. The molecule has 0 saturated heterocycles. The summed E-state index contributed by atoms with van der Waals surface area (Å²) in [5.41, 5.74) is 0.366. The van der Waals surface area contributed by atoms with E-state index < -0.39 is 22.1 Å².